The number of aliphatic hydroxyl groups is 2. The van der Waals surface area contributed by atoms with Gasteiger partial charge in [-0.05, 0) is 25.0 Å². The molecule has 0 heterocycles. The van der Waals surface area contributed by atoms with Crippen LogP contribution in [0.4, 0.5) is 5.69 Å². The number of nitrogen functional groups attached to an aromatic ring is 1. The predicted molar refractivity (Wildman–Crippen MR) is 98.8 cm³/mol. The molecule has 2 unspecified atom stereocenters. The minimum absolute atomic E-state index is 0.0576. The lowest BCUT2D eigenvalue weighted by molar-refractivity contribution is -0.182. The molecule has 3 aliphatic carbocycles. The van der Waals surface area contributed by atoms with E-state index in [0.717, 1.165) is 0 Å². The van der Waals surface area contributed by atoms with E-state index in [2.05, 4.69) is 0 Å². The van der Waals surface area contributed by atoms with Crippen LogP contribution >= 0.6 is 0 Å². The number of aromatic hydroxyl groups is 1. The quantitative estimate of drug-likeness (QED) is 0.207. The number of phenolic OH excluding ortho intramolecular Hbond substituents is 1. The zero-order valence-electron chi connectivity index (χ0n) is 15.9. The number of Topliss-reactive ketones (excluding diaryl/α,β-unsaturated/α-hetero) is 4. The Labute approximate surface area is 169 Å². The van der Waals surface area contributed by atoms with Gasteiger partial charge in [-0.2, -0.15) is 0 Å². The molecule has 10 heteroatoms. The third-order valence-corrected chi connectivity index (χ3v) is 6.89. The summed E-state index contributed by atoms with van der Waals surface area (Å²) in [6, 6.07) is 2.67. The smallest absolute Gasteiger partial charge is 0.235 e. The SMILES string of the molecule is C[C@]1(O)c2ccc(N)c(O)c2C(=O)C2C(=O)[C@]3(O)C(=O)C(C(N)=O)C(=O)C[C@@H]3C[C@@H]21. The molecule has 2 fully saturated rings. The summed E-state index contributed by atoms with van der Waals surface area (Å²) >= 11 is 0. The zero-order valence-corrected chi connectivity index (χ0v) is 15.9. The monoisotopic (exact) mass is 416 g/mol. The van der Waals surface area contributed by atoms with Crippen molar-refractivity contribution in [1.29, 1.82) is 0 Å². The molecule has 0 aromatic heterocycles. The Kier molecular flexibility index (Phi) is 4.01. The molecule has 3 aliphatic rings. The topological polar surface area (TPSA) is 198 Å². The Morgan fingerprint density at radius 1 is 1.13 bits per heavy atom. The highest BCUT2D eigenvalue weighted by Gasteiger charge is 2.68. The summed E-state index contributed by atoms with van der Waals surface area (Å²) in [6.07, 6.45) is -0.686. The zero-order chi connectivity index (χ0) is 22.3. The molecule has 0 aliphatic heterocycles. The van der Waals surface area contributed by atoms with Crippen molar-refractivity contribution in [2.24, 2.45) is 29.4 Å². The first-order valence-electron chi connectivity index (χ1n) is 9.36. The number of phenols is 1. The Balaban J connectivity index is 1.90. The average molecular weight is 416 g/mol. The van der Waals surface area contributed by atoms with Gasteiger partial charge in [0.1, 0.15) is 5.75 Å². The predicted octanol–water partition coefficient (Wildman–Crippen LogP) is -1.43. The second-order valence-corrected chi connectivity index (χ2v) is 8.46. The van der Waals surface area contributed by atoms with Crippen molar-refractivity contribution >= 4 is 34.7 Å². The second-order valence-electron chi connectivity index (χ2n) is 8.46. The van der Waals surface area contributed by atoms with Gasteiger partial charge >= 0.3 is 0 Å². The fourth-order valence-corrected chi connectivity index (χ4v) is 5.29. The number of benzene rings is 1. The summed E-state index contributed by atoms with van der Waals surface area (Å²) in [5.74, 6) is -12.1. The number of nitrogens with two attached hydrogens (primary N) is 2. The van der Waals surface area contributed by atoms with E-state index < -0.39 is 76.1 Å². The largest absolute Gasteiger partial charge is 0.505 e. The van der Waals surface area contributed by atoms with Crippen LogP contribution in [-0.4, -0.2) is 50.0 Å². The van der Waals surface area contributed by atoms with Crippen LogP contribution in [0.2, 0.25) is 0 Å². The normalized spacial score (nSPS) is 38.0. The van der Waals surface area contributed by atoms with Gasteiger partial charge in [-0.1, -0.05) is 6.07 Å². The van der Waals surface area contributed by atoms with Crippen LogP contribution in [0.25, 0.3) is 0 Å². The van der Waals surface area contributed by atoms with Gasteiger partial charge in [-0.15, -0.1) is 0 Å². The number of carbonyl (C=O) groups is 5. The highest BCUT2D eigenvalue weighted by molar-refractivity contribution is 6.31. The summed E-state index contributed by atoms with van der Waals surface area (Å²) in [5.41, 5.74) is 5.75. The molecule has 1 aromatic rings. The number of amides is 1. The van der Waals surface area contributed by atoms with E-state index in [-0.39, 0.29) is 23.2 Å². The van der Waals surface area contributed by atoms with E-state index >= 15 is 0 Å². The number of ketones is 4. The number of primary amides is 1. The molecule has 158 valence electrons. The maximum Gasteiger partial charge on any atom is 0.235 e. The molecule has 0 bridgehead atoms. The van der Waals surface area contributed by atoms with Crippen LogP contribution in [0.1, 0.15) is 35.7 Å². The third-order valence-electron chi connectivity index (χ3n) is 6.89. The van der Waals surface area contributed by atoms with Crippen LogP contribution in [0.3, 0.4) is 0 Å². The second kappa shape index (κ2) is 5.96. The fraction of sp³-hybridized carbons (Fsp3) is 0.450. The van der Waals surface area contributed by atoms with Gasteiger partial charge in [0.05, 0.1) is 22.8 Å². The summed E-state index contributed by atoms with van der Waals surface area (Å²) in [6.45, 7) is 1.35. The molecule has 7 N–H and O–H groups in total. The van der Waals surface area contributed by atoms with Gasteiger partial charge < -0.3 is 26.8 Å². The van der Waals surface area contributed by atoms with Gasteiger partial charge in [0, 0.05) is 18.3 Å². The average Bonchev–Trinajstić information content (AvgIpc) is 2.64. The van der Waals surface area contributed by atoms with E-state index in [1.165, 1.54) is 19.1 Å². The van der Waals surface area contributed by atoms with Crippen LogP contribution in [0, 0.1) is 23.7 Å². The minimum Gasteiger partial charge on any atom is -0.505 e. The van der Waals surface area contributed by atoms with Crippen molar-refractivity contribution in [2.75, 3.05) is 5.73 Å². The van der Waals surface area contributed by atoms with Crippen LogP contribution in [-0.2, 0) is 24.8 Å². The standard InChI is InChI=1S/C20H20N2O8/c1-19(29)7-2-3-9(21)14(24)11(7)15(25)12-8(19)4-6-5-10(23)13(18(22)28)17(27)20(6,30)16(12)26/h2-3,6,8,12-13,24,29-30H,4-5,21H2,1H3,(H2,22,28)/t6-,8-,12?,13?,19-,20-/m0/s1. The van der Waals surface area contributed by atoms with Crippen LogP contribution < -0.4 is 11.5 Å². The number of anilines is 1. The lowest BCUT2D eigenvalue weighted by Crippen LogP contribution is -2.69. The van der Waals surface area contributed by atoms with E-state index in [1.807, 2.05) is 0 Å². The number of hydrogen-bond acceptors (Lipinski definition) is 9. The van der Waals surface area contributed by atoms with Crippen LogP contribution in [0.15, 0.2) is 12.1 Å². The number of hydrogen-bond donors (Lipinski definition) is 5. The lowest BCUT2D eigenvalue weighted by Gasteiger charge is -2.52. The first kappa shape index (κ1) is 20.2. The van der Waals surface area contributed by atoms with Crippen LogP contribution in [0.5, 0.6) is 5.75 Å². The molecule has 30 heavy (non-hydrogen) atoms. The molecule has 1 amide bonds. The van der Waals surface area contributed by atoms with Crippen molar-refractivity contribution in [3.05, 3.63) is 23.3 Å². The first-order chi connectivity index (χ1) is 13.8. The molecule has 0 radical (unpaired) electrons. The molecule has 0 saturated heterocycles. The van der Waals surface area contributed by atoms with Crippen molar-refractivity contribution in [1.82, 2.24) is 0 Å². The number of fused-ring (bicyclic) bond motifs is 3. The van der Waals surface area contributed by atoms with Gasteiger partial charge in [-0.3, -0.25) is 24.0 Å². The van der Waals surface area contributed by atoms with Gasteiger partial charge in [0.15, 0.2) is 34.7 Å². The molecular weight excluding hydrogens is 396 g/mol. The number of carbonyl (C=O) groups excluding carboxylic acids is 5. The summed E-state index contributed by atoms with van der Waals surface area (Å²) in [7, 11) is 0. The van der Waals surface area contributed by atoms with Crippen molar-refractivity contribution in [3.8, 4) is 5.75 Å². The lowest BCUT2D eigenvalue weighted by atomic mass is 9.51. The van der Waals surface area contributed by atoms with Crippen molar-refractivity contribution < 1.29 is 39.3 Å². The first-order valence-corrected chi connectivity index (χ1v) is 9.36. The maximum atomic E-state index is 13.3. The summed E-state index contributed by atoms with van der Waals surface area (Å²) in [5, 5.41) is 32.6. The molecule has 2 saturated carbocycles. The summed E-state index contributed by atoms with van der Waals surface area (Å²) in [4.78, 5) is 63.2. The molecule has 1 aromatic carbocycles. The highest BCUT2D eigenvalue weighted by atomic mass is 16.3. The van der Waals surface area contributed by atoms with E-state index in [4.69, 9.17) is 11.5 Å². The Bertz CT molecular complexity index is 1060. The highest BCUT2D eigenvalue weighted by Crippen LogP contribution is 2.55. The number of rotatable bonds is 1. The summed E-state index contributed by atoms with van der Waals surface area (Å²) < 4.78 is 0. The Hall–Kier alpha value is -3.11. The Morgan fingerprint density at radius 3 is 2.37 bits per heavy atom. The van der Waals surface area contributed by atoms with Gasteiger partial charge in [0.2, 0.25) is 5.91 Å². The van der Waals surface area contributed by atoms with E-state index in [9.17, 15) is 39.3 Å². The molecule has 4 rings (SSSR count). The Morgan fingerprint density at radius 2 is 1.77 bits per heavy atom. The third kappa shape index (κ3) is 2.23. The maximum absolute atomic E-state index is 13.3. The molecular formula is C20H20N2O8. The van der Waals surface area contributed by atoms with Crippen molar-refractivity contribution in [3.63, 3.8) is 0 Å². The fourth-order valence-electron chi connectivity index (χ4n) is 5.29. The van der Waals surface area contributed by atoms with Gasteiger partial charge in [-0.25, -0.2) is 0 Å². The molecule has 10 nitrogen and oxygen atoms in total. The van der Waals surface area contributed by atoms with Gasteiger partial charge in [0.25, 0.3) is 0 Å². The van der Waals surface area contributed by atoms with Crippen molar-refractivity contribution in [2.45, 2.75) is 31.0 Å². The van der Waals surface area contributed by atoms with E-state index in [1.54, 1.807) is 0 Å². The minimum atomic E-state index is -2.77. The molecule has 0 spiro atoms. The van der Waals surface area contributed by atoms with E-state index in [0.29, 0.717) is 0 Å². The molecule has 6 atom stereocenters.